The largest absolute Gasteiger partial charge is 0.351 e. The molecule has 0 spiro atoms. The van der Waals surface area contributed by atoms with Crippen LogP contribution in [0.1, 0.15) is 25.5 Å². The van der Waals surface area contributed by atoms with Crippen LogP contribution in [0.2, 0.25) is 0 Å². The number of nitrogens with one attached hydrogen (secondary N) is 2. The number of urea groups is 1. The van der Waals surface area contributed by atoms with E-state index in [1.54, 1.807) is 24.7 Å². The number of imidazole rings is 1. The maximum atomic E-state index is 11.9. The lowest BCUT2D eigenvalue weighted by atomic mass is 10.0. The summed E-state index contributed by atoms with van der Waals surface area (Å²) in [6.07, 6.45) is 7.05. The zero-order valence-electron chi connectivity index (χ0n) is 18.7. The third kappa shape index (κ3) is 4.29. The van der Waals surface area contributed by atoms with Gasteiger partial charge in [0.1, 0.15) is 5.52 Å². The summed E-state index contributed by atoms with van der Waals surface area (Å²) in [4.78, 5) is 46.2. The molecule has 10 nitrogen and oxygen atoms in total. The molecule has 5 rings (SSSR count). The van der Waals surface area contributed by atoms with Gasteiger partial charge in [-0.2, -0.15) is 0 Å². The number of carbonyl (C=O) groups is 2. The topological polar surface area (TPSA) is 143 Å². The fraction of sp³-hybridized carbons (Fsp3) is 0.250. The summed E-state index contributed by atoms with van der Waals surface area (Å²) in [6, 6.07) is 8.91. The Kier molecular flexibility index (Phi) is 5.62. The number of nitrogens with two attached hydrogens (primary N) is 1. The number of fused-ring (bicyclic) bond motifs is 1. The first-order valence-corrected chi connectivity index (χ1v) is 11.1. The highest BCUT2D eigenvalue weighted by atomic mass is 16.2. The number of hydrogen-bond donors (Lipinski definition) is 3. The average Bonchev–Trinajstić information content (AvgIpc) is 3.62. The molecule has 0 radical (unpaired) electrons. The van der Waals surface area contributed by atoms with Crippen LogP contribution in [0.5, 0.6) is 0 Å². The lowest BCUT2D eigenvalue weighted by Crippen LogP contribution is -2.36. The molecule has 0 atom stereocenters. The molecule has 4 aromatic rings. The Balaban J connectivity index is 1.52. The summed E-state index contributed by atoms with van der Waals surface area (Å²) in [5, 5.41) is 2.93. The van der Waals surface area contributed by atoms with Crippen molar-refractivity contribution in [3.63, 3.8) is 0 Å². The second kappa shape index (κ2) is 8.89. The van der Waals surface area contributed by atoms with Gasteiger partial charge in [-0.1, -0.05) is 6.07 Å². The number of aromatic amines is 1. The van der Waals surface area contributed by atoms with Gasteiger partial charge in [-0.05, 0) is 49.6 Å². The Morgan fingerprint density at radius 2 is 1.94 bits per heavy atom. The highest BCUT2D eigenvalue weighted by Crippen LogP contribution is 2.33. The Morgan fingerprint density at radius 1 is 1.15 bits per heavy atom. The Labute approximate surface area is 195 Å². The first-order chi connectivity index (χ1) is 16.5. The van der Waals surface area contributed by atoms with E-state index >= 15 is 0 Å². The van der Waals surface area contributed by atoms with E-state index in [0.717, 1.165) is 40.7 Å². The summed E-state index contributed by atoms with van der Waals surface area (Å²) < 4.78 is 0. The van der Waals surface area contributed by atoms with Crippen LogP contribution < -0.4 is 16.0 Å². The van der Waals surface area contributed by atoms with Gasteiger partial charge in [-0.25, -0.2) is 19.7 Å². The molecule has 0 aliphatic heterocycles. The summed E-state index contributed by atoms with van der Waals surface area (Å²) >= 11 is 0. The number of H-pyrrole nitrogens is 1. The van der Waals surface area contributed by atoms with Gasteiger partial charge in [-0.15, -0.1) is 0 Å². The van der Waals surface area contributed by atoms with Crippen LogP contribution in [0, 0.1) is 5.92 Å². The standard InChI is InChI=1S/C24H24N8O2/c1-2-32(23(25)34)24-30-19-11-16(10-18(20(19)31-24)21-26-8-3-9-27-21)15-6-7-17(28-12-15)13-29-22(33)14-4-5-14/h3,6-12,14H,2,4-5,13H2,1H3,(H2,25,34)(H,29,33)(H,30,31). The smallest absolute Gasteiger partial charge is 0.321 e. The zero-order valence-corrected chi connectivity index (χ0v) is 18.7. The van der Waals surface area contributed by atoms with E-state index in [0.29, 0.717) is 30.4 Å². The molecule has 3 amide bonds. The number of hydrogen-bond acceptors (Lipinski definition) is 6. The predicted octanol–water partition coefficient (Wildman–Crippen LogP) is 3.01. The minimum absolute atomic E-state index is 0.0935. The van der Waals surface area contributed by atoms with Gasteiger partial charge in [0, 0.05) is 42.2 Å². The molecule has 1 fully saturated rings. The minimum atomic E-state index is -0.590. The molecular weight excluding hydrogens is 432 g/mol. The summed E-state index contributed by atoms with van der Waals surface area (Å²) in [6.45, 7) is 2.61. The number of anilines is 1. The number of amides is 3. The lowest BCUT2D eigenvalue weighted by Gasteiger charge is -2.13. The minimum Gasteiger partial charge on any atom is -0.351 e. The number of rotatable bonds is 7. The van der Waals surface area contributed by atoms with Gasteiger partial charge in [-0.3, -0.25) is 14.7 Å². The quantitative estimate of drug-likeness (QED) is 0.390. The Bertz CT molecular complexity index is 1350. The molecule has 1 aliphatic carbocycles. The molecule has 0 bridgehead atoms. The van der Waals surface area contributed by atoms with Crippen molar-refractivity contribution in [1.29, 1.82) is 0 Å². The van der Waals surface area contributed by atoms with Gasteiger partial charge in [0.05, 0.1) is 17.8 Å². The lowest BCUT2D eigenvalue weighted by molar-refractivity contribution is -0.122. The number of aromatic nitrogens is 5. The van der Waals surface area contributed by atoms with Crippen molar-refractivity contribution in [2.75, 3.05) is 11.4 Å². The van der Waals surface area contributed by atoms with Crippen molar-refractivity contribution in [2.24, 2.45) is 11.7 Å². The van der Waals surface area contributed by atoms with E-state index in [4.69, 9.17) is 5.73 Å². The number of nitrogens with zero attached hydrogens (tertiary/aromatic N) is 5. The molecule has 0 unspecified atom stereocenters. The molecule has 4 N–H and O–H groups in total. The van der Waals surface area contributed by atoms with E-state index in [1.165, 1.54) is 4.90 Å². The number of pyridine rings is 1. The zero-order chi connectivity index (χ0) is 23.7. The van der Waals surface area contributed by atoms with Crippen molar-refractivity contribution >= 4 is 28.9 Å². The molecular formula is C24H24N8O2. The SMILES string of the molecule is CCN(C(N)=O)c1nc2c(-c3ncccn3)cc(-c3ccc(CNC(=O)C4CC4)nc3)cc2[nH]1. The van der Waals surface area contributed by atoms with Crippen LogP contribution >= 0.6 is 0 Å². The molecule has 172 valence electrons. The second-order valence-electron chi connectivity index (χ2n) is 8.17. The van der Waals surface area contributed by atoms with E-state index in [9.17, 15) is 9.59 Å². The van der Waals surface area contributed by atoms with Gasteiger partial charge in [0.25, 0.3) is 0 Å². The van der Waals surface area contributed by atoms with Crippen LogP contribution in [0.3, 0.4) is 0 Å². The van der Waals surface area contributed by atoms with Gasteiger partial charge in [0.15, 0.2) is 5.82 Å². The van der Waals surface area contributed by atoms with Crippen LogP contribution in [0.15, 0.2) is 48.9 Å². The maximum absolute atomic E-state index is 11.9. The highest BCUT2D eigenvalue weighted by Gasteiger charge is 2.29. The van der Waals surface area contributed by atoms with Gasteiger partial charge >= 0.3 is 6.03 Å². The third-order valence-electron chi connectivity index (χ3n) is 5.77. The van der Waals surface area contributed by atoms with Crippen molar-refractivity contribution < 1.29 is 9.59 Å². The Hall–Kier alpha value is -4.34. The molecule has 1 aliphatic rings. The summed E-state index contributed by atoms with van der Waals surface area (Å²) in [5.41, 5.74) is 10.1. The molecule has 10 heteroatoms. The van der Waals surface area contributed by atoms with Crippen LogP contribution in [-0.4, -0.2) is 43.4 Å². The Morgan fingerprint density at radius 3 is 2.59 bits per heavy atom. The molecule has 0 saturated heterocycles. The van der Waals surface area contributed by atoms with Crippen molar-refractivity contribution in [2.45, 2.75) is 26.3 Å². The van der Waals surface area contributed by atoms with Crippen molar-refractivity contribution in [3.8, 4) is 22.5 Å². The van der Waals surface area contributed by atoms with Crippen molar-refractivity contribution in [3.05, 3.63) is 54.6 Å². The average molecular weight is 457 g/mol. The number of primary amides is 1. The maximum Gasteiger partial charge on any atom is 0.321 e. The number of benzene rings is 1. The monoisotopic (exact) mass is 456 g/mol. The van der Waals surface area contributed by atoms with Crippen LogP contribution in [-0.2, 0) is 11.3 Å². The van der Waals surface area contributed by atoms with Crippen molar-refractivity contribution in [1.82, 2.24) is 30.2 Å². The molecule has 1 saturated carbocycles. The normalized spacial score (nSPS) is 13.1. The number of carbonyl (C=O) groups excluding carboxylic acids is 2. The van der Waals surface area contributed by atoms with E-state index in [-0.39, 0.29) is 11.8 Å². The highest BCUT2D eigenvalue weighted by molar-refractivity contribution is 5.97. The fourth-order valence-electron chi connectivity index (χ4n) is 3.78. The molecule has 3 aromatic heterocycles. The third-order valence-corrected chi connectivity index (χ3v) is 5.77. The summed E-state index contributed by atoms with van der Waals surface area (Å²) in [7, 11) is 0. The molecule has 1 aromatic carbocycles. The van der Waals surface area contributed by atoms with Gasteiger partial charge in [0.2, 0.25) is 11.9 Å². The van der Waals surface area contributed by atoms with E-state index < -0.39 is 6.03 Å². The fourth-order valence-corrected chi connectivity index (χ4v) is 3.78. The first-order valence-electron chi connectivity index (χ1n) is 11.1. The van der Waals surface area contributed by atoms with E-state index in [1.807, 2.05) is 31.2 Å². The molecule has 3 heterocycles. The van der Waals surface area contributed by atoms with E-state index in [2.05, 4.69) is 30.2 Å². The van der Waals surface area contributed by atoms with Crippen LogP contribution in [0.4, 0.5) is 10.7 Å². The molecule has 34 heavy (non-hydrogen) atoms. The predicted molar refractivity (Wildman–Crippen MR) is 128 cm³/mol. The summed E-state index contributed by atoms with van der Waals surface area (Å²) in [5.74, 6) is 1.14. The second-order valence-corrected chi connectivity index (χ2v) is 8.17. The van der Waals surface area contributed by atoms with Gasteiger partial charge < -0.3 is 16.0 Å². The van der Waals surface area contributed by atoms with Crippen LogP contribution in [0.25, 0.3) is 33.5 Å². The first kappa shape index (κ1) is 21.5.